The monoisotopic (exact) mass is 693 g/mol. The minimum atomic E-state index is -0.468. The highest BCUT2D eigenvalue weighted by Crippen LogP contribution is 2.41. The Kier molecular flexibility index (Phi) is 7.29. The third-order valence-corrected chi connectivity index (χ3v) is 12.2. The predicted molar refractivity (Wildman–Crippen MR) is 218 cm³/mol. The third-order valence-electron chi connectivity index (χ3n) is 9.82. The smallest absolute Gasteiger partial charge is 0.136 e. The standard InChI is InChI=1S/C45H31N3OS2/c46-44(48-45(27-10-2-1-3-11-27)47-26-30-12-8-19-41-42(30)35-14-5-7-18-40(35)50-41)29-21-23-37-36(24-29)32-22-20-28(25-38(32)49-37)31-15-9-16-34-33-13-4-6-17-39(33)51-43(31)34/h1-26,44-45,48H,46H2/b47-26+. The van der Waals surface area contributed by atoms with Crippen molar-refractivity contribution in [2.24, 2.45) is 10.7 Å². The first-order valence-electron chi connectivity index (χ1n) is 17.0. The zero-order valence-corrected chi connectivity index (χ0v) is 29.0. The van der Waals surface area contributed by atoms with Crippen LogP contribution in [0.5, 0.6) is 0 Å². The predicted octanol–water partition coefficient (Wildman–Crippen LogP) is 12.4. The molecule has 4 nitrogen and oxygen atoms in total. The van der Waals surface area contributed by atoms with Crippen molar-refractivity contribution < 1.29 is 4.42 Å². The molecule has 0 saturated heterocycles. The molecule has 2 atom stereocenters. The van der Waals surface area contributed by atoms with E-state index in [2.05, 4.69) is 127 Å². The summed E-state index contributed by atoms with van der Waals surface area (Å²) in [4.78, 5) is 5.11. The van der Waals surface area contributed by atoms with Gasteiger partial charge in [-0.25, -0.2) is 0 Å². The van der Waals surface area contributed by atoms with Gasteiger partial charge in [-0.3, -0.25) is 10.3 Å². The summed E-state index contributed by atoms with van der Waals surface area (Å²) in [5.74, 6) is 0. The van der Waals surface area contributed by atoms with Gasteiger partial charge in [0.05, 0.1) is 6.17 Å². The number of benzene rings is 7. The minimum absolute atomic E-state index is 0.350. The Hall–Kier alpha value is -5.63. The maximum atomic E-state index is 6.93. The fourth-order valence-electron chi connectivity index (χ4n) is 7.32. The van der Waals surface area contributed by atoms with Gasteiger partial charge < -0.3 is 10.2 Å². The zero-order chi connectivity index (χ0) is 33.9. The van der Waals surface area contributed by atoms with Gasteiger partial charge >= 0.3 is 0 Å². The summed E-state index contributed by atoms with van der Waals surface area (Å²) in [7, 11) is 0. The molecular formula is C45H31N3OS2. The number of nitrogens with zero attached hydrogens (tertiary/aromatic N) is 1. The third kappa shape index (κ3) is 5.23. The number of aliphatic imine (C=N–C) groups is 1. The number of hydrogen-bond donors (Lipinski definition) is 2. The van der Waals surface area contributed by atoms with E-state index in [1.165, 1.54) is 45.9 Å². The number of hydrogen-bond acceptors (Lipinski definition) is 6. The van der Waals surface area contributed by atoms with Crippen LogP contribution < -0.4 is 11.1 Å². The van der Waals surface area contributed by atoms with Crippen LogP contribution >= 0.6 is 22.7 Å². The highest BCUT2D eigenvalue weighted by molar-refractivity contribution is 7.26. The van der Waals surface area contributed by atoms with Crippen LogP contribution in [0.25, 0.3) is 73.4 Å². The quantitative estimate of drug-likeness (QED) is 0.129. The summed E-state index contributed by atoms with van der Waals surface area (Å²) in [6, 6.07) is 53.3. The molecule has 3 aromatic heterocycles. The average molecular weight is 694 g/mol. The van der Waals surface area contributed by atoms with Gasteiger partial charge in [0.25, 0.3) is 0 Å². The molecule has 0 aliphatic rings. The molecule has 0 fully saturated rings. The lowest BCUT2D eigenvalue weighted by molar-refractivity contribution is 0.467. The van der Waals surface area contributed by atoms with Crippen LogP contribution in [0.3, 0.4) is 0 Å². The van der Waals surface area contributed by atoms with Gasteiger partial charge in [0.1, 0.15) is 17.3 Å². The van der Waals surface area contributed by atoms with E-state index in [4.69, 9.17) is 15.1 Å². The highest BCUT2D eigenvalue weighted by atomic mass is 32.1. The van der Waals surface area contributed by atoms with Gasteiger partial charge in [-0.1, -0.05) is 109 Å². The van der Waals surface area contributed by atoms with Gasteiger partial charge in [-0.05, 0) is 64.7 Å². The Morgan fingerprint density at radius 3 is 2.20 bits per heavy atom. The number of nitrogens with one attached hydrogen (secondary N) is 1. The second kappa shape index (κ2) is 12.3. The van der Waals surface area contributed by atoms with Crippen molar-refractivity contribution >= 4 is 91.2 Å². The molecule has 10 rings (SSSR count). The highest BCUT2D eigenvalue weighted by Gasteiger charge is 2.18. The molecule has 0 amide bonds. The lowest BCUT2D eigenvalue weighted by atomic mass is 10.0. The summed E-state index contributed by atoms with van der Waals surface area (Å²) in [6.07, 6.45) is 1.17. The van der Waals surface area contributed by atoms with Crippen molar-refractivity contribution in [3.63, 3.8) is 0 Å². The molecule has 7 aromatic carbocycles. The van der Waals surface area contributed by atoms with Crippen LogP contribution in [-0.4, -0.2) is 6.21 Å². The van der Waals surface area contributed by atoms with Crippen LogP contribution in [0.1, 0.15) is 29.0 Å². The molecule has 2 unspecified atom stereocenters. The maximum Gasteiger partial charge on any atom is 0.136 e. The van der Waals surface area contributed by atoms with Crippen LogP contribution in [0.4, 0.5) is 0 Å². The Bertz CT molecular complexity index is 2940. The van der Waals surface area contributed by atoms with E-state index in [0.29, 0.717) is 0 Å². The lowest BCUT2D eigenvalue weighted by Crippen LogP contribution is -2.31. The van der Waals surface area contributed by atoms with E-state index < -0.39 is 6.17 Å². The number of rotatable bonds is 7. The number of fused-ring (bicyclic) bond motifs is 9. The summed E-state index contributed by atoms with van der Waals surface area (Å²) < 4.78 is 11.6. The summed E-state index contributed by atoms with van der Waals surface area (Å²) in [6.45, 7) is 0. The Morgan fingerprint density at radius 2 is 1.31 bits per heavy atom. The van der Waals surface area contributed by atoms with Crippen molar-refractivity contribution in [2.45, 2.75) is 12.3 Å². The van der Waals surface area contributed by atoms with Gasteiger partial charge in [-0.2, -0.15) is 0 Å². The maximum absolute atomic E-state index is 6.93. The molecule has 3 N–H and O–H groups in total. The van der Waals surface area contributed by atoms with Crippen molar-refractivity contribution in [2.75, 3.05) is 0 Å². The summed E-state index contributed by atoms with van der Waals surface area (Å²) in [5, 5.41) is 10.8. The molecule has 0 aliphatic heterocycles. The Balaban J connectivity index is 0.985. The van der Waals surface area contributed by atoms with E-state index in [1.54, 1.807) is 0 Å². The van der Waals surface area contributed by atoms with Gasteiger partial charge in [-0.15, -0.1) is 22.7 Å². The average Bonchev–Trinajstić information content (AvgIpc) is 3.87. The van der Waals surface area contributed by atoms with Gasteiger partial charge in [0, 0.05) is 62.9 Å². The first kappa shape index (κ1) is 30.2. The van der Waals surface area contributed by atoms with Crippen molar-refractivity contribution in [3.05, 3.63) is 168 Å². The van der Waals surface area contributed by atoms with Crippen molar-refractivity contribution in [3.8, 4) is 11.1 Å². The second-order valence-electron chi connectivity index (χ2n) is 12.9. The van der Waals surface area contributed by atoms with E-state index in [-0.39, 0.29) is 6.17 Å². The molecule has 0 spiro atoms. The van der Waals surface area contributed by atoms with Crippen LogP contribution in [0.15, 0.2) is 161 Å². The topological polar surface area (TPSA) is 63.5 Å². The molecule has 0 aliphatic carbocycles. The fourth-order valence-corrected chi connectivity index (χ4v) is 9.70. The molecule has 51 heavy (non-hydrogen) atoms. The van der Waals surface area contributed by atoms with Crippen LogP contribution in [0, 0.1) is 0 Å². The minimum Gasteiger partial charge on any atom is -0.456 e. The number of thiophene rings is 2. The molecule has 244 valence electrons. The van der Waals surface area contributed by atoms with E-state index in [0.717, 1.165) is 44.2 Å². The van der Waals surface area contributed by atoms with E-state index in [9.17, 15) is 0 Å². The van der Waals surface area contributed by atoms with Crippen molar-refractivity contribution in [1.82, 2.24) is 5.32 Å². The molecule has 3 heterocycles. The molecule has 10 aromatic rings. The summed E-state index contributed by atoms with van der Waals surface area (Å²) in [5.41, 5.74) is 14.1. The van der Waals surface area contributed by atoms with E-state index >= 15 is 0 Å². The summed E-state index contributed by atoms with van der Waals surface area (Å²) >= 11 is 3.66. The molecule has 0 saturated carbocycles. The number of furan rings is 1. The van der Waals surface area contributed by atoms with Crippen LogP contribution in [0.2, 0.25) is 0 Å². The molecular weight excluding hydrogens is 663 g/mol. The Labute approximate surface area is 302 Å². The normalized spacial score (nSPS) is 13.4. The lowest BCUT2D eigenvalue weighted by Gasteiger charge is -2.21. The SMILES string of the molecule is NC(NC(/N=C/c1cccc2sc3ccccc3c12)c1ccccc1)c1ccc2oc3cc(-c4cccc5c4sc4ccccc45)ccc3c2c1. The molecule has 0 radical (unpaired) electrons. The van der Waals surface area contributed by atoms with Crippen LogP contribution in [-0.2, 0) is 0 Å². The fraction of sp³-hybridized carbons (Fsp3) is 0.0444. The van der Waals surface area contributed by atoms with Crippen molar-refractivity contribution in [1.29, 1.82) is 0 Å². The molecule has 6 heteroatoms. The zero-order valence-electron chi connectivity index (χ0n) is 27.4. The second-order valence-corrected chi connectivity index (χ2v) is 15.0. The first-order valence-corrected chi connectivity index (χ1v) is 18.7. The van der Waals surface area contributed by atoms with E-state index in [1.807, 2.05) is 59.2 Å². The Morgan fingerprint density at radius 1 is 0.569 bits per heavy atom. The molecule has 0 bridgehead atoms. The largest absolute Gasteiger partial charge is 0.456 e. The number of nitrogens with two attached hydrogens (primary N) is 1. The van der Waals surface area contributed by atoms with Gasteiger partial charge in [0.15, 0.2) is 0 Å². The first-order chi connectivity index (χ1) is 25.2. The van der Waals surface area contributed by atoms with Gasteiger partial charge in [0.2, 0.25) is 0 Å².